The number of rotatable bonds is 4. The quantitative estimate of drug-likeness (QED) is 0.729. The Hall–Kier alpha value is -0.420. The van der Waals surface area contributed by atoms with Crippen LogP contribution in [0.25, 0.3) is 0 Å². The van der Waals surface area contributed by atoms with Crippen molar-refractivity contribution in [2.24, 2.45) is 0 Å². The molecule has 0 atom stereocenters. The molecule has 0 saturated heterocycles. The Labute approximate surface area is 134 Å². The first-order valence-electron chi connectivity index (χ1n) is 5.53. The second-order valence-corrected chi connectivity index (χ2v) is 6.99. The fourth-order valence-corrected chi connectivity index (χ4v) is 3.52. The molecule has 0 unspecified atom stereocenters. The molecule has 1 N–H and O–H groups in total. The Balaban J connectivity index is 2.17. The molecule has 1 aromatic heterocycles. The molecule has 6 heteroatoms. The number of hydrogen-bond donors (Lipinski definition) is 1. The van der Waals surface area contributed by atoms with Crippen LogP contribution in [-0.2, 0) is 6.54 Å². The Morgan fingerprint density at radius 1 is 1.32 bits per heavy atom. The maximum atomic E-state index is 6.08. The van der Waals surface area contributed by atoms with Crippen molar-refractivity contribution in [3.05, 3.63) is 42.5 Å². The van der Waals surface area contributed by atoms with E-state index in [0.29, 0.717) is 11.6 Å². The molecule has 1 aromatic carbocycles. The first-order valence-corrected chi connectivity index (χ1v) is 7.89. The highest BCUT2D eigenvalue weighted by Crippen LogP contribution is 2.34. The minimum atomic E-state index is 0.688. The van der Waals surface area contributed by atoms with Crippen molar-refractivity contribution < 1.29 is 4.74 Å². The lowest BCUT2D eigenvalue weighted by molar-refractivity contribution is 0.416. The van der Waals surface area contributed by atoms with Gasteiger partial charge in [-0.15, -0.1) is 11.3 Å². The van der Waals surface area contributed by atoms with E-state index in [9.17, 15) is 0 Å². The van der Waals surface area contributed by atoms with Crippen LogP contribution < -0.4 is 10.1 Å². The lowest BCUT2D eigenvalue weighted by Gasteiger charge is -2.12. The summed E-state index contributed by atoms with van der Waals surface area (Å²) >= 11 is 17.0. The van der Waals surface area contributed by atoms with Crippen molar-refractivity contribution in [1.29, 1.82) is 0 Å². The fourth-order valence-electron chi connectivity index (χ4n) is 1.63. The summed E-state index contributed by atoms with van der Waals surface area (Å²) in [4.78, 5) is 1.14. The summed E-state index contributed by atoms with van der Waals surface area (Å²) in [6, 6.07) is 5.80. The average molecular weight is 381 g/mol. The van der Waals surface area contributed by atoms with Crippen LogP contribution in [-0.4, -0.2) is 7.11 Å². The number of ether oxygens (including phenoxy) is 1. The third kappa shape index (κ3) is 3.57. The number of halogens is 3. The van der Waals surface area contributed by atoms with Gasteiger partial charge in [-0.05, 0) is 40.5 Å². The zero-order chi connectivity index (χ0) is 14.0. The molecule has 0 fully saturated rings. The highest BCUT2D eigenvalue weighted by molar-refractivity contribution is 9.10. The summed E-state index contributed by atoms with van der Waals surface area (Å²) in [6.07, 6.45) is 0. The Kier molecular flexibility index (Phi) is 5.01. The standard InChI is InChI=1S/C13H12BrCl2NOS/c1-7-3-11(12(18-2)5-10(7)15)17-6-8-4-9(14)13(16)19-8/h3-5,17H,6H2,1-2H3. The molecule has 0 spiro atoms. The zero-order valence-electron chi connectivity index (χ0n) is 10.4. The molecule has 1 heterocycles. The maximum absolute atomic E-state index is 6.08. The van der Waals surface area contributed by atoms with Gasteiger partial charge in [-0.1, -0.05) is 23.2 Å². The summed E-state index contributed by atoms with van der Waals surface area (Å²) < 4.78 is 7.01. The summed E-state index contributed by atoms with van der Waals surface area (Å²) in [5.41, 5.74) is 1.93. The Bertz CT molecular complexity index is 581. The highest BCUT2D eigenvalue weighted by Gasteiger charge is 2.08. The maximum Gasteiger partial charge on any atom is 0.143 e. The van der Waals surface area contributed by atoms with E-state index in [1.54, 1.807) is 18.4 Å². The van der Waals surface area contributed by atoms with Crippen LogP contribution in [0.3, 0.4) is 0 Å². The van der Waals surface area contributed by atoms with Crippen LogP contribution in [0.1, 0.15) is 10.4 Å². The topological polar surface area (TPSA) is 21.3 Å². The van der Waals surface area contributed by atoms with Crippen molar-refractivity contribution in [2.45, 2.75) is 13.5 Å². The van der Waals surface area contributed by atoms with Gasteiger partial charge in [0.25, 0.3) is 0 Å². The van der Waals surface area contributed by atoms with E-state index < -0.39 is 0 Å². The van der Waals surface area contributed by atoms with Gasteiger partial charge in [-0.2, -0.15) is 0 Å². The summed E-state index contributed by atoms with van der Waals surface area (Å²) in [7, 11) is 1.63. The number of aryl methyl sites for hydroxylation is 1. The Morgan fingerprint density at radius 2 is 2.05 bits per heavy atom. The smallest absolute Gasteiger partial charge is 0.143 e. The predicted molar refractivity (Wildman–Crippen MR) is 87.1 cm³/mol. The molecule has 0 aliphatic rings. The molecule has 102 valence electrons. The molecule has 2 nitrogen and oxygen atoms in total. The van der Waals surface area contributed by atoms with E-state index >= 15 is 0 Å². The van der Waals surface area contributed by atoms with Crippen LogP contribution in [0.5, 0.6) is 5.75 Å². The summed E-state index contributed by atoms with van der Waals surface area (Å²) in [5, 5.41) is 4.03. The molecule has 2 aromatic rings. The van der Waals surface area contributed by atoms with E-state index in [-0.39, 0.29) is 0 Å². The molecular formula is C13H12BrCl2NOS. The number of benzene rings is 1. The third-order valence-electron chi connectivity index (χ3n) is 2.63. The first-order chi connectivity index (χ1) is 9.01. The summed E-state index contributed by atoms with van der Waals surface area (Å²) in [6.45, 7) is 2.65. The van der Waals surface area contributed by atoms with Gasteiger partial charge in [0, 0.05) is 27.0 Å². The first kappa shape index (κ1) is 15.0. The minimum absolute atomic E-state index is 0.688. The van der Waals surface area contributed by atoms with E-state index in [1.807, 2.05) is 25.1 Å². The molecule has 0 amide bonds. The minimum Gasteiger partial charge on any atom is -0.495 e. The number of anilines is 1. The van der Waals surface area contributed by atoms with E-state index in [0.717, 1.165) is 30.7 Å². The number of methoxy groups -OCH3 is 1. The van der Waals surface area contributed by atoms with Gasteiger partial charge < -0.3 is 10.1 Å². The second kappa shape index (κ2) is 6.35. The number of nitrogens with one attached hydrogen (secondary N) is 1. The molecule has 0 bridgehead atoms. The Morgan fingerprint density at radius 3 is 2.63 bits per heavy atom. The van der Waals surface area contributed by atoms with Gasteiger partial charge in [0.15, 0.2) is 0 Å². The van der Waals surface area contributed by atoms with Crippen LogP contribution in [0.4, 0.5) is 5.69 Å². The van der Waals surface area contributed by atoms with Crippen molar-refractivity contribution in [3.8, 4) is 5.75 Å². The SMILES string of the molecule is COc1cc(Cl)c(C)cc1NCc1cc(Br)c(Cl)s1. The average Bonchev–Trinajstić information content (AvgIpc) is 2.69. The molecule has 2 rings (SSSR count). The molecule has 0 saturated carbocycles. The molecule has 0 radical (unpaired) electrons. The van der Waals surface area contributed by atoms with Crippen molar-refractivity contribution in [2.75, 3.05) is 12.4 Å². The van der Waals surface area contributed by atoms with E-state index in [1.165, 1.54) is 0 Å². The van der Waals surface area contributed by atoms with Gasteiger partial charge in [0.1, 0.15) is 10.1 Å². The monoisotopic (exact) mass is 379 g/mol. The number of thiophene rings is 1. The fraction of sp³-hybridized carbons (Fsp3) is 0.231. The largest absolute Gasteiger partial charge is 0.495 e. The van der Waals surface area contributed by atoms with Crippen molar-refractivity contribution >= 4 is 56.2 Å². The predicted octanol–water partition coefficient (Wildman–Crippen LogP) is 5.75. The molecule has 0 aliphatic heterocycles. The second-order valence-electron chi connectivity index (χ2n) is 3.99. The van der Waals surface area contributed by atoms with Crippen molar-refractivity contribution in [1.82, 2.24) is 0 Å². The van der Waals surface area contributed by atoms with Gasteiger partial charge in [0.05, 0.1) is 12.8 Å². The van der Waals surface area contributed by atoms with Gasteiger partial charge >= 0.3 is 0 Å². The molecule has 19 heavy (non-hydrogen) atoms. The van der Waals surface area contributed by atoms with Crippen LogP contribution in [0.2, 0.25) is 9.36 Å². The van der Waals surface area contributed by atoms with E-state index in [4.69, 9.17) is 27.9 Å². The lowest BCUT2D eigenvalue weighted by atomic mass is 10.2. The van der Waals surface area contributed by atoms with Gasteiger partial charge in [-0.25, -0.2) is 0 Å². The van der Waals surface area contributed by atoms with Crippen LogP contribution in [0, 0.1) is 6.92 Å². The van der Waals surface area contributed by atoms with Crippen LogP contribution >= 0.6 is 50.5 Å². The van der Waals surface area contributed by atoms with Gasteiger partial charge in [-0.3, -0.25) is 0 Å². The van der Waals surface area contributed by atoms with Gasteiger partial charge in [0.2, 0.25) is 0 Å². The lowest BCUT2D eigenvalue weighted by Crippen LogP contribution is -2.00. The number of hydrogen-bond acceptors (Lipinski definition) is 3. The molecule has 0 aliphatic carbocycles. The van der Waals surface area contributed by atoms with Crippen molar-refractivity contribution in [3.63, 3.8) is 0 Å². The zero-order valence-corrected chi connectivity index (χ0v) is 14.3. The van der Waals surface area contributed by atoms with E-state index in [2.05, 4.69) is 21.2 Å². The third-order valence-corrected chi connectivity index (χ3v) is 5.51. The molecular weight excluding hydrogens is 369 g/mol. The summed E-state index contributed by atoms with van der Waals surface area (Å²) in [5.74, 6) is 0.734. The normalized spacial score (nSPS) is 10.6. The highest BCUT2D eigenvalue weighted by atomic mass is 79.9. The van der Waals surface area contributed by atoms with Crippen LogP contribution in [0.15, 0.2) is 22.7 Å².